The first-order chi connectivity index (χ1) is 14.2. The minimum absolute atomic E-state index is 0.00317. The molecule has 0 aromatic heterocycles. The summed E-state index contributed by atoms with van der Waals surface area (Å²) in [6.45, 7) is 4.73. The summed E-state index contributed by atoms with van der Waals surface area (Å²) in [5.74, 6) is -0.621. The molecule has 1 aliphatic carbocycles. The molecule has 172 valence electrons. The van der Waals surface area contributed by atoms with Crippen LogP contribution < -0.4 is 5.73 Å². The lowest BCUT2D eigenvalue weighted by Crippen LogP contribution is -2.58. The molecule has 3 fully saturated rings. The molecule has 2 atom stereocenters. The van der Waals surface area contributed by atoms with E-state index in [-0.39, 0.29) is 29.8 Å². The van der Waals surface area contributed by atoms with E-state index in [9.17, 15) is 18.0 Å². The largest absolute Gasteiger partial charge is 0.369 e. The zero-order valence-corrected chi connectivity index (χ0v) is 19.1. The SMILES string of the molecule is CC(C(=O)N1CCCC(C(N)=O)C1)N1CCN(S(=O)(=O)N(C)C2CCCCC2)CC1. The first-order valence-corrected chi connectivity index (χ1v) is 12.7. The summed E-state index contributed by atoms with van der Waals surface area (Å²) in [5.41, 5.74) is 5.43. The number of carbonyl (C=O) groups is 2. The Morgan fingerprint density at radius 1 is 0.967 bits per heavy atom. The van der Waals surface area contributed by atoms with Crippen LogP contribution in [0.5, 0.6) is 0 Å². The molecule has 2 heterocycles. The van der Waals surface area contributed by atoms with Crippen LogP contribution in [0.1, 0.15) is 51.9 Å². The summed E-state index contributed by atoms with van der Waals surface area (Å²) in [5, 5.41) is 0. The van der Waals surface area contributed by atoms with Gasteiger partial charge >= 0.3 is 0 Å². The van der Waals surface area contributed by atoms with Gasteiger partial charge in [-0.2, -0.15) is 17.0 Å². The number of hydrogen-bond donors (Lipinski definition) is 1. The van der Waals surface area contributed by atoms with Crippen molar-refractivity contribution >= 4 is 22.0 Å². The summed E-state index contributed by atoms with van der Waals surface area (Å²) in [4.78, 5) is 28.2. The number of piperazine rings is 1. The number of amides is 2. The lowest BCUT2D eigenvalue weighted by Gasteiger charge is -2.41. The van der Waals surface area contributed by atoms with Gasteiger partial charge in [-0.15, -0.1) is 0 Å². The highest BCUT2D eigenvalue weighted by molar-refractivity contribution is 7.86. The van der Waals surface area contributed by atoms with Gasteiger partial charge in [0.15, 0.2) is 0 Å². The average molecular weight is 444 g/mol. The van der Waals surface area contributed by atoms with Gasteiger partial charge in [-0.1, -0.05) is 19.3 Å². The van der Waals surface area contributed by atoms with Crippen LogP contribution >= 0.6 is 0 Å². The maximum atomic E-state index is 13.1. The van der Waals surface area contributed by atoms with Crippen LogP contribution in [-0.4, -0.2) is 97.0 Å². The van der Waals surface area contributed by atoms with Crippen molar-refractivity contribution in [3.8, 4) is 0 Å². The maximum absolute atomic E-state index is 13.1. The maximum Gasteiger partial charge on any atom is 0.282 e. The molecule has 0 bridgehead atoms. The molecule has 30 heavy (non-hydrogen) atoms. The molecule has 0 radical (unpaired) electrons. The highest BCUT2D eigenvalue weighted by atomic mass is 32.2. The Bertz CT molecular complexity index is 717. The smallest absolute Gasteiger partial charge is 0.282 e. The van der Waals surface area contributed by atoms with E-state index in [0.717, 1.165) is 38.5 Å². The van der Waals surface area contributed by atoms with E-state index in [4.69, 9.17) is 5.73 Å². The van der Waals surface area contributed by atoms with Gasteiger partial charge in [0.25, 0.3) is 10.2 Å². The van der Waals surface area contributed by atoms with Crippen LogP contribution in [-0.2, 0) is 19.8 Å². The van der Waals surface area contributed by atoms with Crippen molar-refractivity contribution < 1.29 is 18.0 Å². The molecule has 0 aromatic rings. The van der Waals surface area contributed by atoms with E-state index < -0.39 is 10.2 Å². The second-order valence-corrected chi connectivity index (χ2v) is 10.9. The van der Waals surface area contributed by atoms with Crippen molar-refractivity contribution in [3.63, 3.8) is 0 Å². The first kappa shape index (κ1) is 23.4. The summed E-state index contributed by atoms with van der Waals surface area (Å²) >= 11 is 0. The fourth-order valence-electron chi connectivity index (χ4n) is 4.97. The molecule has 2 aliphatic heterocycles. The Labute approximate surface area is 180 Å². The van der Waals surface area contributed by atoms with E-state index >= 15 is 0 Å². The minimum atomic E-state index is -3.48. The van der Waals surface area contributed by atoms with Crippen molar-refractivity contribution in [2.24, 2.45) is 11.7 Å². The third-order valence-corrected chi connectivity index (χ3v) is 9.14. The van der Waals surface area contributed by atoms with E-state index in [0.29, 0.717) is 39.3 Å². The van der Waals surface area contributed by atoms with Gasteiger partial charge in [-0.05, 0) is 32.6 Å². The summed E-state index contributed by atoms with van der Waals surface area (Å²) in [7, 11) is -1.77. The van der Waals surface area contributed by atoms with Crippen LogP contribution in [0.25, 0.3) is 0 Å². The zero-order valence-electron chi connectivity index (χ0n) is 18.3. The molecule has 2 saturated heterocycles. The average Bonchev–Trinajstić information content (AvgIpc) is 2.78. The fraction of sp³-hybridized carbons (Fsp3) is 0.900. The Morgan fingerprint density at radius 2 is 1.60 bits per heavy atom. The molecule has 0 spiro atoms. The Kier molecular flexibility index (Phi) is 7.76. The Morgan fingerprint density at radius 3 is 2.20 bits per heavy atom. The monoisotopic (exact) mass is 443 g/mol. The molecule has 2 N–H and O–H groups in total. The molecule has 9 nitrogen and oxygen atoms in total. The molecule has 3 aliphatic rings. The summed E-state index contributed by atoms with van der Waals surface area (Å²) < 4.78 is 29.2. The zero-order chi connectivity index (χ0) is 21.9. The van der Waals surface area contributed by atoms with Gasteiger partial charge in [0.05, 0.1) is 12.0 Å². The molecule has 10 heteroatoms. The molecule has 1 saturated carbocycles. The van der Waals surface area contributed by atoms with Crippen LogP contribution in [0, 0.1) is 5.92 Å². The van der Waals surface area contributed by atoms with Gasteiger partial charge in [0, 0.05) is 52.4 Å². The van der Waals surface area contributed by atoms with E-state index in [1.165, 1.54) is 6.42 Å². The van der Waals surface area contributed by atoms with Crippen LogP contribution in [0.15, 0.2) is 0 Å². The molecule has 0 aromatic carbocycles. The van der Waals surface area contributed by atoms with Gasteiger partial charge in [0.2, 0.25) is 11.8 Å². The predicted octanol–water partition coefficient (Wildman–Crippen LogP) is 0.226. The van der Waals surface area contributed by atoms with Gasteiger partial charge < -0.3 is 10.6 Å². The minimum Gasteiger partial charge on any atom is -0.369 e. The normalized spacial score (nSPS) is 26.6. The summed E-state index contributed by atoms with van der Waals surface area (Å²) in [6.07, 6.45) is 6.75. The number of rotatable bonds is 6. The first-order valence-electron chi connectivity index (χ1n) is 11.3. The fourth-order valence-corrected chi connectivity index (χ4v) is 6.54. The number of likely N-dealkylation sites (tertiary alicyclic amines) is 1. The van der Waals surface area contributed by atoms with Gasteiger partial charge in [-0.3, -0.25) is 14.5 Å². The lowest BCUT2D eigenvalue weighted by atomic mass is 9.96. The number of nitrogens with zero attached hydrogens (tertiary/aromatic N) is 4. The standard InChI is InChI=1S/C20H37N5O4S/c1-16(20(27)24-10-6-7-17(15-24)19(21)26)23-11-13-25(14-12-23)30(28,29)22(2)18-8-4-3-5-9-18/h16-18H,3-15H2,1-2H3,(H2,21,26). The van der Waals surface area contributed by atoms with E-state index in [1.807, 2.05) is 11.8 Å². The van der Waals surface area contributed by atoms with Crippen LogP contribution in [0.3, 0.4) is 0 Å². The highest BCUT2D eigenvalue weighted by Crippen LogP contribution is 2.25. The van der Waals surface area contributed by atoms with E-state index in [2.05, 4.69) is 0 Å². The predicted molar refractivity (Wildman–Crippen MR) is 115 cm³/mol. The Hall–Kier alpha value is -1.23. The molecule has 2 unspecified atom stereocenters. The quantitative estimate of drug-likeness (QED) is 0.632. The van der Waals surface area contributed by atoms with Gasteiger partial charge in [0.1, 0.15) is 0 Å². The Balaban J connectivity index is 1.54. The number of nitrogens with two attached hydrogens (primary N) is 1. The van der Waals surface area contributed by atoms with Gasteiger partial charge in [-0.25, -0.2) is 0 Å². The van der Waals surface area contributed by atoms with Crippen molar-refractivity contribution in [1.29, 1.82) is 0 Å². The second kappa shape index (κ2) is 9.93. The number of primary amides is 1. The third-order valence-electron chi connectivity index (χ3n) is 7.09. The van der Waals surface area contributed by atoms with Crippen molar-refractivity contribution in [1.82, 2.24) is 18.4 Å². The molecule has 3 rings (SSSR count). The van der Waals surface area contributed by atoms with Crippen molar-refractivity contribution in [2.45, 2.75) is 64.0 Å². The van der Waals surface area contributed by atoms with Crippen molar-refractivity contribution in [2.75, 3.05) is 46.3 Å². The summed E-state index contributed by atoms with van der Waals surface area (Å²) in [6, 6.07) is -0.239. The number of piperidine rings is 1. The third kappa shape index (κ3) is 5.15. The van der Waals surface area contributed by atoms with Crippen LogP contribution in [0.2, 0.25) is 0 Å². The molecular weight excluding hydrogens is 406 g/mol. The van der Waals surface area contributed by atoms with Crippen LogP contribution in [0.4, 0.5) is 0 Å². The van der Waals surface area contributed by atoms with Crippen molar-refractivity contribution in [3.05, 3.63) is 0 Å². The topological polar surface area (TPSA) is 107 Å². The molecule has 2 amide bonds. The van der Waals surface area contributed by atoms with E-state index in [1.54, 1.807) is 20.6 Å². The highest BCUT2D eigenvalue weighted by Gasteiger charge is 2.37. The number of carbonyl (C=O) groups excluding carboxylic acids is 2. The second-order valence-electron chi connectivity index (χ2n) is 8.95. The lowest BCUT2D eigenvalue weighted by molar-refractivity contribution is -0.140. The number of hydrogen-bond acceptors (Lipinski definition) is 5. The molecular formula is C20H37N5O4S.